The molecule has 1 aromatic heterocycles. The van der Waals surface area contributed by atoms with Crippen LogP contribution in [-0.4, -0.2) is 19.9 Å². The molecule has 0 aliphatic rings. The molecule has 0 fully saturated rings. The largest absolute Gasteiger partial charge is 0.388 e. The van der Waals surface area contributed by atoms with Crippen LogP contribution in [0.25, 0.3) is 0 Å². The first-order chi connectivity index (χ1) is 9.67. The number of hydrogen-bond donors (Lipinski definition) is 1. The molecule has 108 valence electrons. The van der Waals surface area contributed by atoms with Crippen LogP contribution >= 0.6 is 11.8 Å². The summed E-state index contributed by atoms with van der Waals surface area (Å²) in [4.78, 5) is 0. The van der Waals surface area contributed by atoms with Gasteiger partial charge in [-0.1, -0.05) is 43.0 Å². The predicted molar refractivity (Wildman–Crippen MR) is 81.7 cm³/mol. The lowest BCUT2D eigenvalue weighted by Crippen LogP contribution is -2.05. The molecule has 5 heteroatoms. The van der Waals surface area contributed by atoms with Gasteiger partial charge in [0.05, 0.1) is 0 Å². The molecule has 0 saturated carbocycles. The van der Waals surface area contributed by atoms with Gasteiger partial charge in [-0.2, -0.15) is 0 Å². The molecular formula is C15H21N3OS. The van der Waals surface area contributed by atoms with Gasteiger partial charge in [0.25, 0.3) is 0 Å². The van der Waals surface area contributed by atoms with E-state index >= 15 is 0 Å². The first-order valence-electron chi connectivity index (χ1n) is 6.92. The molecule has 0 spiro atoms. The quantitative estimate of drug-likeness (QED) is 0.829. The topological polar surface area (TPSA) is 50.9 Å². The molecule has 1 atom stereocenters. The van der Waals surface area contributed by atoms with Crippen molar-refractivity contribution in [2.45, 2.75) is 50.8 Å². The van der Waals surface area contributed by atoms with Gasteiger partial charge in [0.2, 0.25) is 0 Å². The number of thioether (sulfide) groups is 1. The Bertz CT molecular complexity index is 568. The van der Waals surface area contributed by atoms with E-state index in [1.807, 2.05) is 4.57 Å². The SMILES string of the molecule is CCCn1c(CO)nnc1SC(C)c1ccccc1C. The van der Waals surface area contributed by atoms with Crippen molar-refractivity contribution in [2.24, 2.45) is 0 Å². The summed E-state index contributed by atoms with van der Waals surface area (Å²) in [6, 6.07) is 8.40. The fourth-order valence-corrected chi connectivity index (χ4v) is 3.36. The van der Waals surface area contributed by atoms with Crippen LogP contribution in [0, 0.1) is 6.92 Å². The molecule has 20 heavy (non-hydrogen) atoms. The van der Waals surface area contributed by atoms with Gasteiger partial charge in [0.1, 0.15) is 6.61 Å². The van der Waals surface area contributed by atoms with Crippen LogP contribution in [0.5, 0.6) is 0 Å². The average Bonchev–Trinajstić information content (AvgIpc) is 2.82. The third-order valence-electron chi connectivity index (χ3n) is 3.29. The van der Waals surface area contributed by atoms with Gasteiger partial charge in [-0.3, -0.25) is 0 Å². The van der Waals surface area contributed by atoms with E-state index in [0.29, 0.717) is 11.1 Å². The van der Waals surface area contributed by atoms with Crippen LogP contribution in [0.1, 0.15) is 42.5 Å². The molecule has 0 bridgehead atoms. The standard InChI is InChI=1S/C15H21N3OS/c1-4-9-18-14(10-19)16-17-15(18)20-12(3)13-8-6-5-7-11(13)2/h5-8,12,19H,4,9-10H2,1-3H3. The third kappa shape index (κ3) is 3.22. The summed E-state index contributed by atoms with van der Waals surface area (Å²) in [5.41, 5.74) is 2.60. The molecule has 2 rings (SSSR count). The first-order valence-corrected chi connectivity index (χ1v) is 7.80. The zero-order chi connectivity index (χ0) is 14.5. The molecule has 0 amide bonds. The minimum absolute atomic E-state index is 0.0632. The van der Waals surface area contributed by atoms with E-state index in [0.717, 1.165) is 18.1 Å². The van der Waals surface area contributed by atoms with E-state index in [2.05, 4.69) is 55.2 Å². The smallest absolute Gasteiger partial charge is 0.191 e. The maximum absolute atomic E-state index is 9.32. The number of aromatic nitrogens is 3. The summed E-state index contributed by atoms with van der Waals surface area (Å²) in [6.45, 7) is 7.19. The predicted octanol–water partition coefficient (Wildman–Crippen LogP) is 3.34. The normalized spacial score (nSPS) is 12.6. The van der Waals surface area contributed by atoms with Crippen molar-refractivity contribution in [3.05, 3.63) is 41.2 Å². The number of aliphatic hydroxyl groups is 1. The number of nitrogens with zero attached hydrogens (tertiary/aromatic N) is 3. The second kappa shape index (κ2) is 6.90. The van der Waals surface area contributed by atoms with Gasteiger partial charge >= 0.3 is 0 Å². The number of hydrogen-bond acceptors (Lipinski definition) is 4. The summed E-state index contributed by atoms with van der Waals surface area (Å²) in [5, 5.41) is 18.8. The van der Waals surface area contributed by atoms with Gasteiger partial charge in [0, 0.05) is 11.8 Å². The fourth-order valence-electron chi connectivity index (χ4n) is 2.24. The van der Waals surface area contributed by atoms with E-state index in [1.54, 1.807) is 11.8 Å². The highest BCUT2D eigenvalue weighted by Gasteiger charge is 2.16. The molecular weight excluding hydrogens is 270 g/mol. The summed E-state index contributed by atoms with van der Waals surface area (Å²) in [5.74, 6) is 0.645. The van der Waals surface area contributed by atoms with Crippen molar-refractivity contribution < 1.29 is 5.11 Å². The Morgan fingerprint density at radius 3 is 2.70 bits per heavy atom. The van der Waals surface area contributed by atoms with Gasteiger partial charge < -0.3 is 9.67 Å². The third-order valence-corrected chi connectivity index (χ3v) is 4.41. The number of aliphatic hydroxyl groups excluding tert-OH is 1. The van der Waals surface area contributed by atoms with Gasteiger partial charge in [-0.05, 0) is 31.4 Å². The number of rotatable bonds is 6. The van der Waals surface area contributed by atoms with Crippen molar-refractivity contribution in [3.63, 3.8) is 0 Å². The van der Waals surface area contributed by atoms with Crippen LogP contribution in [0.4, 0.5) is 0 Å². The Morgan fingerprint density at radius 2 is 2.05 bits per heavy atom. The zero-order valence-electron chi connectivity index (χ0n) is 12.2. The Balaban J connectivity index is 2.21. The Morgan fingerprint density at radius 1 is 1.30 bits per heavy atom. The lowest BCUT2D eigenvalue weighted by atomic mass is 10.1. The van der Waals surface area contributed by atoms with Crippen LogP contribution in [-0.2, 0) is 13.2 Å². The zero-order valence-corrected chi connectivity index (χ0v) is 13.0. The lowest BCUT2D eigenvalue weighted by Gasteiger charge is -2.14. The van der Waals surface area contributed by atoms with E-state index < -0.39 is 0 Å². The molecule has 1 unspecified atom stereocenters. The van der Waals surface area contributed by atoms with Crippen LogP contribution in [0.3, 0.4) is 0 Å². The molecule has 1 N–H and O–H groups in total. The van der Waals surface area contributed by atoms with Crippen molar-refractivity contribution in [3.8, 4) is 0 Å². The van der Waals surface area contributed by atoms with Crippen LogP contribution < -0.4 is 0 Å². The van der Waals surface area contributed by atoms with Gasteiger partial charge in [-0.25, -0.2) is 0 Å². The maximum atomic E-state index is 9.32. The Kier molecular flexibility index (Phi) is 5.20. The maximum Gasteiger partial charge on any atom is 0.191 e. The molecule has 1 aromatic carbocycles. The highest BCUT2D eigenvalue weighted by Crippen LogP contribution is 2.35. The molecule has 2 aromatic rings. The van der Waals surface area contributed by atoms with Crippen molar-refractivity contribution in [1.29, 1.82) is 0 Å². The second-order valence-electron chi connectivity index (χ2n) is 4.83. The van der Waals surface area contributed by atoms with E-state index in [4.69, 9.17) is 0 Å². The highest BCUT2D eigenvalue weighted by atomic mass is 32.2. The summed E-state index contributed by atoms with van der Waals surface area (Å²) in [6.07, 6.45) is 0.997. The molecule has 0 saturated heterocycles. The van der Waals surface area contributed by atoms with Crippen molar-refractivity contribution in [1.82, 2.24) is 14.8 Å². The highest BCUT2D eigenvalue weighted by molar-refractivity contribution is 7.99. The summed E-state index contributed by atoms with van der Waals surface area (Å²) in [7, 11) is 0. The van der Waals surface area contributed by atoms with E-state index in [-0.39, 0.29) is 6.61 Å². The van der Waals surface area contributed by atoms with Crippen LogP contribution in [0.2, 0.25) is 0 Å². The second-order valence-corrected chi connectivity index (χ2v) is 6.13. The first kappa shape index (κ1) is 15.1. The average molecular weight is 291 g/mol. The summed E-state index contributed by atoms with van der Waals surface area (Å²) < 4.78 is 2.01. The monoisotopic (exact) mass is 291 g/mol. The fraction of sp³-hybridized carbons (Fsp3) is 0.467. The Labute approximate surface area is 124 Å². The molecule has 0 aliphatic heterocycles. The lowest BCUT2D eigenvalue weighted by molar-refractivity contribution is 0.263. The molecule has 1 heterocycles. The minimum atomic E-state index is -0.0632. The van der Waals surface area contributed by atoms with E-state index in [9.17, 15) is 5.11 Å². The van der Waals surface area contributed by atoms with Gasteiger partial charge in [0.15, 0.2) is 11.0 Å². The Hall–Kier alpha value is -1.33. The molecule has 4 nitrogen and oxygen atoms in total. The minimum Gasteiger partial charge on any atom is -0.388 e. The molecule has 0 radical (unpaired) electrons. The van der Waals surface area contributed by atoms with Gasteiger partial charge in [-0.15, -0.1) is 10.2 Å². The number of aryl methyl sites for hydroxylation is 1. The van der Waals surface area contributed by atoms with E-state index in [1.165, 1.54) is 11.1 Å². The summed E-state index contributed by atoms with van der Waals surface area (Å²) >= 11 is 1.69. The van der Waals surface area contributed by atoms with Crippen molar-refractivity contribution >= 4 is 11.8 Å². The van der Waals surface area contributed by atoms with Crippen LogP contribution in [0.15, 0.2) is 29.4 Å². The molecule has 0 aliphatic carbocycles. The van der Waals surface area contributed by atoms with Crippen molar-refractivity contribution in [2.75, 3.05) is 0 Å². The number of benzene rings is 1.